The van der Waals surface area contributed by atoms with Crippen LogP contribution in [0.3, 0.4) is 0 Å². The molecule has 1 atom stereocenters. The average Bonchev–Trinajstić information content (AvgIpc) is 2.85. The average molecular weight is 564 g/mol. The Morgan fingerprint density at radius 1 is 0.850 bits per heavy atom. The summed E-state index contributed by atoms with van der Waals surface area (Å²) < 4.78 is 27.0. The number of amides is 2. The van der Waals surface area contributed by atoms with Crippen LogP contribution in [0.5, 0.6) is 0 Å². The largest absolute Gasteiger partial charge is 0.350 e. The number of hydrogen-bond acceptors (Lipinski definition) is 4. The highest BCUT2D eigenvalue weighted by atomic mass is 32.2. The van der Waals surface area contributed by atoms with Crippen molar-refractivity contribution in [3.8, 4) is 0 Å². The van der Waals surface area contributed by atoms with Gasteiger partial charge in [-0.15, -0.1) is 0 Å². The lowest BCUT2D eigenvalue weighted by Gasteiger charge is -2.35. The standard InChI is InChI=1S/C32H41N3O4S/c1-23-12-11-15-27(18-23)21-34(29(31(37)33-32(4,5)6)20-26-13-9-8-10-14-26)30(36)22-35(40(7,38)39)28-17-16-24(2)25(3)19-28/h8-19,29H,20-22H2,1-7H3,(H,33,37)/t29-/m0/s1. The molecule has 0 heterocycles. The number of anilines is 1. The molecule has 0 saturated heterocycles. The highest BCUT2D eigenvalue weighted by Crippen LogP contribution is 2.23. The Morgan fingerprint density at radius 2 is 1.50 bits per heavy atom. The third kappa shape index (κ3) is 8.68. The highest BCUT2D eigenvalue weighted by molar-refractivity contribution is 7.92. The predicted molar refractivity (Wildman–Crippen MR) is 162 cm³/mol. The third-order valence-corrected chi connectivity index (χ3v) is 7.80. The molecular formula is C32H41N3O4S. The summed E-state index contributed by atoms with van der Waals surface area (Å²) in [7, 11) is -3.80. The van der Waals surface area contributed by atoms with Crippen molar-refractivity contribution in [1.29, 1.82) is 0 Å². The van der Waals surface area contributed by atoms with Crippen molar-refractivity contribution in [2.45, 2.75) is 66.1 Å². The molecule has 7 nitrogen and oxygen atoms in total. The quantitative estimate of drug-likeness (QED) is 0.379. The van der Waals surface area contributed by atoms with E-state index >= 15 is 0 Å². The van der Waals surface area contributed by atoms with Crippen LogP contribution in [0.15, 0.2) is 72.8 Å². The van der Waals surface area contributed by atoms with Crippen LogP contribution in [0.2, 0.25) is 0 Å². The molecule has 0 aromatic heterocycles. The molecule has 3 rings (SSSR count). The zero-order chi connectivity index (χ0) is 29.7. The molecule has 0 spiro atoms. The number of carbonyl (C=O) groups excluding carboxylic acids is 2. The summed E-state index contributed by atoms with van der Waals surface area (Å²) >= 11 is 0. The molecule has 2 amide bonds. The fourth-order valence-corrected chi connectivity index (χ4v) is 5.35. The molecule has 0 aliphatic carbocycles. The molecule has 40 heavy (non-hydrogen) atoms. The second kappa shape index (κ2) is 12.7. The Balaban J connectivity index is 2.09. The summed E-state index contributed by atoms with van der Waals surface area (Å²) in [4.78, 5) is 29.4. The zero-order valence-electron chi connectivity index (χ0n) is 24.6. The number of hydrogen-bond donors (Lipinski definition) is 1. The van der Waals surface area contributed by atoms with Crippen molar-refractivity contribution >= 4 is 27.5 Å². The first-order valence-electron chi connectivity index (χ1n) is 13.4. The Morgan fingerprint density at radius 3 is 2.08 bits per heavy atom. The van der Waals surface area contributed by atoms with Gasteiger partial charge in [0.25, 0.3) is 0 Å². The molecule has 8 heteroatoms. The van der Waals surface area contributed by atoms with Crippen LogP contribution in [0.1, 0.15) is 48.6 Å². The fourth-order valence-electron chi connectivity index (χ4n) is 4.51. The van der Waals surface area contributed by atoms with Crippen molar-refractivity contribution < 1.29 is 18.0 Å². The summed E-state index contributed by atoms with van der Waals surface area (Å²) in [5, 5.41) is 3.04. The van der Waals surface area contributed by atoms with Gasteiger partial charge in [-0.2, -0.15) is 0 Å². The maximum Gasteiger partial charge on any atom is 0.244 e. The minimum absolute atomic E-state index is 0.153. The SMILES string of the molecule is Cc1cccc(CN(C(=O)CN(c2ccc(C)c(C)c2)S(C)(=O)=O)[C@@H](Cc2ccccc2)C(=O)NC(C)(C)C)c1. The van der Waals surface area contributed by atoms with Gasteiger partial charge >= 0.3 is 0 Å². The molecule has 0 unspecified atom stereocenters. The van der Waals surface area contributed by atoms with E-state index in [2.05, 4.69) is 5.32 Å². The molecule has 0 aliphatic heterocycles. The van der Waals surface area contributed by atoms with Gasteiger partial charge in [-0.05, 0) is 75.9 Å². The van der Waals surface area contributed by atoms with Gasteiger partial charge in [0.05, 0.1) is 11.9 Å². The normalized spacial score (nSPS) is 12.5. The number of nitrogens with zero attached hydrogens (tertiary/aromatic N) is 2. The van der Waals surface area contributed by atoms with E-state index in [1.54, 1.807) is 12.1 Å². The van der Waals surface area contributed by atoms with Gasteiger partial charge in [0.1, 0.15) is 12.6 Å². The minimum atomic E-state index is -3.80. The number of aryl methyl sites for hydroxylation is 3. The second-order valence-corrected chi connectivity index (χ2v) is 13.4. The first-order chi connectivity index (χ1) is 18.6. The van der Waals surface area contributed by atoms with Crippen molar-refractivity contribution in [1.82, 2.24) is 10.2 Å². The van der Waals surface area contributed by atoms with Crippen molar-refractivity contribution in [3.05, 3.63) is 101 Å². The van der Waals surface area contributed by atoms with E-state index in [0.29, 0.717) is 5.69 Å². The molecule has 0 saturated carbocycles. The van der Waals surface area contributed by atoms with Gasteiger partial charge in [-0.3, -0.25) is 13.9 Å². The second-order valence-electron chi connectivity index (χ2n) is 11.5. The summed E-state index contributed by atoms with van der Waals surface area (Å²) in [6.45, 7) is 11.2. The number of carbonyl (C=O) groups is 2. The third-order valence-electron chi connectivity index (χ3n) is 6.66. The van der Waals surface area contributed by atoms with Crippen LogP contribution >= 0.6 is 0 Å². The van der Waals surface area contributed by atoms with Crippen LogP contribution in [0.25, 0.3) is 0 Å². The van der Waals surface area contributed by atoms with E-state index in [9.17, 15) is 18.0 Å². The molecule has 0 fully saturated rings. The van der Waals surface area contributed by atoms with E-state index in [-0.39, 0.29) is 18.9 Å². The lowest BCUT2D eigenvalue weighted by Crippen LogP contribution is -2.56. The Labute approximate surface area is 239 Å². The molecule has 214 valence electrons. The lowest BCUT2D eigenvalue weighted by molar-refractivity contribution is -0.140. The molecule has 3 aromatic carbocycles. The summed E-state index contributed by atoms with van der Waals surface area (Å²) in [5.74, 6) is -0.760. The topological polar surface area (TPSA) is 86.8 Å². The van der Waals surface area contributed by atoms with E-state index in [4.69, 9.17) is 0 Å². The highest BCUT2D eigenvalue weighted by Gasteiger charge is 2.34. The molecule has 3 aromatic rings. The van der Waals surface area contributed by atoms with Crippen molar-refractivity contribution in [2.75, 3.05) is 17.1 Å². The monoisotopic (exact) mass is 563 g/mol. The summed E-state index contributed by atoms with van der Waals surface area (Å²) in [5.41, 5.74) is 4.60. The van der Waals surface area contributed by atoms with Crippen LogP contribution in [0, 0.1) is 20.8 Å². The van der Waals surface area contributed by atoms with Gasteiger partial charge in [0, 0.05) is 18.5 Å². The molecule has 0 radical (unpaired) electrons. The van der Waals surface area contributed by atoms with E-state index in [1.807, 2.05) is 102 Å². The molecule has 1 N–H and O–H groups in total. The first-order valence-corrected chi connectivity index (χ1v) is 15.2. The van der Waals surface area contributed by atoms with Gasteiger partial charge in [-0.1, -0.05) is 66.2 Å². The van der Waals surface area contributed by atoms with Gasteiger partial charge < -0.3 is 10.2 Å². The van der Waals surface area contributed by atoms with Crippen LogP contribution in [-0.2, 0) is 32.6 Å². The number of benzene rings is 3. The van der Waals surface area contributed by atoms with Crippen molar-refractivity contribution in [2.24, 2.45) is 0 Å². The van der Waals surface area contributed by atoms with Crippen LogP contribution in [-0.4, -0.2) is 49.5 Å². The number of sulfonamides is 1. The van der Waals surface area contributed by atoms with E-state index < -0.39 is 34.1 Å². The van der Waals surface area contributed by atoms with Gasteiger partial charge in [0.15, 0.2) is 0 Å². The summed E-state index contributed by atoms with van der Waals surface area (Å²) in [6.07, 6.45) is 1.37. The first kappa shape index (κ1) is 30.9. The smallest absolute Gasteiger partial charge is 0.244 e. The maximum absolute atomic E-state index is 14.2. The molecule has 0 bridgehead atoms. The van der Waals surface area contributed by atoms with E-state index in [1.165, 1.54) is 4.90 Å². The maximum atomic E-state index is 14.2. The Bertz CT molecular complexity index is 1450. The minimum Gasteiger partial charge on any atom is -0.350 e. The van der Waals surface area contributed by atoms with Crippen molar-refractivity contribution in [3.63, 3.8) is 0 Å². The van der Waals surface area contributed by atoms with Gasteiger partial charge in [-0.25, -0.2) is 8.42 Å². The lowest BCUT2D eigenvalue weighted by atomic mass is 10.0. The predicted octanol–water partition coefficient (Wildman–Crippen LogP) is 4.93. The fraction of sp³-hybridized carbons (Fsp3) is 0.375. The molecular weight excluding hydrogens is 522 g/mol. The van der Waals surface area contributed by atoms with Crippen LogP contribution < -0.4 is 9.62 Å². The number of nitrogens with one attached hydrogen (secondary N) is 1. The molecule has 0 aliphatic rings. The van der Waals surface area contributed by atoms with Crippen LogP contribution in [0.4, 0.5) is 5.69 Å². The Kier molecular flexibility index (Phi) is 9.79. The van der Waals surface area contributed by atoms with Gasteiger partial charge in [0.2, 0.25) is 21.8 Å². The summed E-state index contributed by atoms with van der Waals surface area (Å²) in [6, 6.07) is 21.7. The Hall–Kier alpha value is -3.65. The number of rotatable bonds is 10. The zero-order valence-corrected chi connectivity index (χ0v) is 25.4. The van der Waals surface area contributed by atoms with E-state index in [0.717, 1.165) is 38.4 Å².